The summed E-state index contributed by atoms with van der Waals surface area (Å²) >= 11 is 0. The predicted octanol–water partition coefficient (Wildman–Crippen LogP) is 3.48. The highest BCUT2D eigenvalue weighted by Gasteiger charge is 2.42. The second-order valence-electron chi connectivity index (χ2n) is 6.85. The lowest BCUT2D eigenvalue weighted by Gasteiger charge is -2.34. The van der Waals surface area contributed by atoms with E-state index in [-0.39, 0.29) is 29.1 Å². The molecule has 2 unspecified atom stereocenters. The van der Waals surface area contributed by atoms with E-state index in [2.05, 4.69) is 5.32 Å². The summed E-state index contributed by atoms with van der Waals surface area (Å²) < 4.78 is 70.9. The molecule has 0 fully saturated rings. The van der Waals surface area contributed by atoms with Gasteiger partial charge in [0.05, 0.1) is 36.1 Å². The Morgan fingerprint density at radius 3 is 2.65 bits per heavy atom. The van der Waals surface area contributed by atoms with Crippen LogP contribution in [0.5, 0.6) is 0 Å². The van der Waals surface area contributed by atoms with Crippen LogP contribution >= 0.6 is 0 Å². The molecule has 2 heterocycles. The van der Waals surface area contributed by atoms with Gasteiger partial charge in [-0.05, 0) is 23.8 Å². The molecule has 2 aliphatic rings. The van der Waals surface area contributed by atoms with Crippen molar-refractivity contribution in [2.24, 2.45) is 0 Å². The average molecular weight is 440 g/mol. The van der Waals surface area contributed by atoms with Gasteiger partial charge < -0.3 is 24.6 Å². The molecule has 0 bridgehead atoms. The molecule has 10 heteroatoms. The van der Waals surface area contributed by atoms with E-state index in [1.54, 1.807) is 6.08 Å². The fraction of sp³-hybridized carbons (Fsp3) is 0.381. The maximum Gasteiger partial charge on any atom is 0.416 e. The molecule has 2 N–H and O–H groups in total. The second-order valence-corrected chi connectivity index (χ2v) is 6.85. The maximum atomic E-state index is 13.8. The van der Waals surface area contributed by atoms with E-state index in [9.17, 15) is 27.9 Å². The Balaban J connectivity index is 2.35. The number of halogens is 4. The Bertz CT molecular complexity index is 992. The van der Waals surface area contributed by atoms with Crippen LogP contribution in [0, 0.1) is 17.1 Å². The van der Waals surface area contributed by atoms with Gasteiger partial charge in [-0.25, -0.2) is 4.39 Å². The monoisotopic (exact) mass is 440 g/mol. The first-order valence-corrected chi connectivity index (χ1v) is 9.26. The molecule has 0 aromatic heterocycles. The van der Waals surface area contributed by atoms with Crippen LogP contribution in [0.25, 0.3) is 0 Å². The van der Waals surface area contributed by atoms with Crippen LogP contribution in [-0.4, -0.2) is 38.8 Å². The molecule has 0 saturated heterocycles. The quantitative estimate of drug-likeness (QED) is 0.521. The Kier molecular flexibility index (Phi) is 6.69. The molecule has 1 aromatic rings. The number of benzene rings is 1. The number of hydrogen-bond acceptors (Lipinski definition) is 6. The molecule has 0 amide bonds. The number of rotatable bonds is 6. The Morgan fingerprint density at radius 1 is 1.35 bits per heavy atom. The number of aliphatic hydroxyl groups is 1. The highest BCUT2D eigenvalue weighted by molar-refractivity contribution is 5.58. The van der Waals surface area contributed by atoms with Crippen LogP contribution in [-0.2, 0) is 20.4 Å². The van der Waals surface area contributed by atoms with Gasteiger partial charge in [-0.15, -0.1) is 0 Å². The highest BCUT2D eigenvalue weighted by atomic mass is 19.4. The Morgan fingerprint density at radius 2 is 2.10 bits per heavy atom. The number of nitriles is 1. The van der Waals surface area contributed by atoms with E-state index in [0.29, 0.717) is 24.9 Å². The summed E-state index contributed by atoms with van der Waals surface area (Å²) in [6, 6.07) is 4.14. The lowest BCUT2D eigenvalue weighted by molar-refractivity contribution is -0.138. The summed E-state index contributed by atoms with van der Waals surface area (Å²) in [6.45, 7) is 0.232. The largest absolute Gasteiger partial charge is 0.491 e. The maximum absolute atomic E-state index is 13.8. The van der Waals surface area contributed by atoms with Gasteiger partial charge >= 0.3 is 6.18 Å². The zero-order chi connectivity index (χ0) is 22.8. The first-order valence-electron chi connectivity index (χ1n) is 9.26. The SMILES string of the molecule is COCC1=C(C(O)OC)C(c2ccc(F)cc2C(F)(F)F)C(C#N)=C(C2=CCCO2)N1. The number of aliphatic hydroxyl groups excluding tert-OH is 1. The van der Waals surface area contributed by atoms with E-state index in [0.717, 1.165) is 12.1 Å². The molecule has 6 nitrogen and oxygen atoms in total. The predicted molar refractivity (Wildman–Crippen MR) is 100 cm³/mol. The highest BCUT2D eigenvalue weighted by Crippen LogP contribution is 2.46. The number of ether oxygens (including phenoxy) is 3. The summed E-state index contributed by atoms with van der Waals surface area (Å²) in [5.74, 6) is -2.16. The van der Waals surface area contributed by atoms with Crippen LogP contribution in [0.15, 0.2) is 52.6 Å². The normalized spacial score (nSPS) is 20.2. The van der Waals surface area contributed by atoms with Gasteiger partial charge in [-0.2, -0.15) is 18.4 Å². The smallest absolute Gasteiger partial charge is 0.416 e. The molecule has 0 spiro atoms. The van der Waals surface area contributed by atoms with Crippen molar-refractivity contribution in [2.45, 2.75) is 24.8 Å². The van der Waals surface area contributed by atoms with Crippen LogP contribution in [0.2, 0.25) is 0 Å². The van der Waals surface area contributed by atoms with Gasteiger partial charge in [0.1, 0.15) is 11.6 Å². The van der Waals surface area contributed by atoms with E-state index in [1.165, 1.54) is 14.2 Å². The van der Waals surface area contributed by atoms with Gasteiger partial charge in [-0.1, -0.05) is 6.07 Å². The van der Waals surface area contributed by atoms with E-state index in [1.807, 2.05) is 6.07 Å². The number of hydrogen-bond donors (Lipinski definition) is 2. The van der Waals surface area contributed by atoms with Gasteiger partial charge in [0.25, 0.3) is 0 Å². The standard InChI is InChI=1S/C21H20F4N2O4/c1-29-10-15-18(20(28)30-2)17(12-6-5-11(22)8-14(12)21(23,24)25)13(9-26)19(27-15)16-4-3-7-31-16/h4-6,8,17,20,27-28H,3,7,10H2,1-2H3. The molecular weight excluding hydrogens is 420 g/mol. The molecule has 3 rings (SSSR count). The van der Waals surface area contributed by atoms with Crippen molar-refractivity contribution >= 4 is 0 Å². The third-order valence-corrected chi connectivity index (χ3v) is 4.98. The number of alkyl halides is 3. The second kappa shape index (κ2) is 9.09. The molecule has 2 atom stereocenters. The van der Waals surface area contributed by atoms with Crippen LogP contribution in [0.3, 0.4) is 0 Å². The van der Waals surface area contributed by atoms with Crippen molar-refractivity contribution in [3.8, 4) is 6.07 Å². The van der Waals surface area contributed by atoms with Gasteiger partial charge in [0, 0.05) is 37.8 Å². The van der Waals surface area contributed by atoms with Crippen molar-refractivity contribution in [3.63, 3.8) is 0 Å². The first kappa shape index (κ1) is 22.8. The van der Waals surface area contributed by atoms with Crippen molar-refractivity contribution in [1.29, 1.82) is 5.26 Å². The van der Waals surface area contributed by atoms with Crippen molar-refractivity contribution in [1.82, 2.24) is 5.32 Å². The summed E-state index contributed by atoms with van der Waals surface area (Å²) in [4.78, 5) is 0. The molecule has 0 aliphatic carbocycles. The van der Waals surface area contributed by atoms with Gasteiger partial charge in [0.2, 0.25) is 0 Å². The van der Waals surface area contributed by atoms with Gasteiger partial charge in [0.15, 0.2) is 6.29 Å². The third-order valence-electron chi connectivity index (χ3n) is 4.98. The Labute approximate surface area is 176 Å². The number of nitrogens with one attached hydrogen (secondary N) is 1. The molecule has 1 aromatic carbocycles. The molecule has 31 heavy (non-hydrogen) atoms. The summed E-state index contributed by atoms with van der Waals surface area (Å²) in [5.41, 5.74) is -1.45. The zero-order valence-electron chi connectivity index (χ0n) is 16.7. The fourth-order valence-corrected chi connectivity index (χ4v) is 3.70. The fourth-order valence-electron chi connectivity index (χ4n) is 3.70. The number of dihydropyridines is 1. The third kappa shape index (κ3) is 4.44. The molecule has 166 valence electrons. The molecule has 0 saturated carbocycles. The van der Waals surface area contributed by atoms with Crippen molar-refractivity contribution in [3.05, 3.63) is 69.5 Å². The summed E-state index contributed by atoms with van der Waals surface area (Å²) in [5, 5.41) is 23.4. The minimum atomic E-state index is -4.91. The van der Waals surface area contributed by atoms with Crippen LogP contribution in [0.4, 0.5) is 17.6 Å². The van der Waals surface area contributed by atoms with Gasteiger partial charge in [-0.3, -0.25) is 0 Å². The molecular formula is C21H20F4N2O4. The minimum Gasteiger partial charge on any atom is -0.491 e. The lowest BCUT2D eigenvalue weighted by Crippen LogP contribution is -2.35. The summed E-state index contributed by atoms with van der Waals surface area (Å²) in [7, 11) is 2.54. The average Bonchev–Trinajstić information content (AvgIpc) is 3.26. The van der Waals surface area contributed by atoms with Crippen LogP contribution in [0.1, 0.15) is 23.5 Å². The van der Waals surface area contributed by atoms with Crippen molar-refractivity contribution in [2.75, 3.05) is 27.4 Å². The van der Waals surface area contributed by atoms with Crippen LogP contribution < -0.4 is 5.32 Å². The number of allylic oxidation sites excluding steroid dienone is 1. The van der Waals surface area contributed by atoms with E-state index < -0.39 is 35.3 Å². The van der Waals surface area contributed by atoms with Crippen molar-refractivity contribution < 1.29 is 36.9 Å². The first-order chi connectivity index (χ1) is 14.7. The van der Waals surface area contributed by atoms with E-state index in [4.69, 9.17) is 14.2 Å². The molecule has 2 aliphatic heterocycles. The lowest BCUT2D eigenvalue weighted by atomic mass is 9.78. The number of nitrogens with zero attached hydrogens (tertiary/aromatic N) is 1. The minimum absolute atomic E-state index is 0.0413. The summed E-state index contributed by atoms with van der Waals surface area (Å²) in [6.07, 6.45) is -4.30. The topological polar surface area (TPSA) is 83.7 Å². The van der Waals surface area contributed by atoms with E-state index >= 15 is 0 Å². The molecule has 0 radical (unpaired) electrons. The number of methoxy groups -OCH3 is 2. The Hall–Kier alpha value is -2.87. The zero-order valence-corrected chi connectivity index (χ0v) is 16.7.